The number of alkyl halides is 6. The molecule has 1 aromatic heterocycles. The van der Waals surface area contributed by atoms with Gasteiger partial charge in [0.2, 0.25) is 5.91 Å². The number of halogens is 7. The summed E-state index contributed by atoms with van der Waals surface area (Å²) in [6.07, 6.45) is -0.0937. The van der Waals surface area contributed by atoms with Gasteiger partial charge in [0.05, 0.1) is 0 Å². The quantitative estimate of drug-likeness (QED) is 0.568. The lowest BCUT2D eigenvalue weighted by Crippen LogP contribution is -2.59. The van der Waals surface area contributed by atoms with Gasteiger partial charge in [0.1, 0.15) is 17.3 Å². The number of hydrogen-bond donors (Lipinski definition) is 1. The Balaban J connectivity index is 1.63. The molecule has 4 rings (SSSR count). The zero-order valence-electron chi connectivity index (χ0n) is 16.9. The number of aryl methyl sites for hydroxylation is 1. The van der Waals surface area contributed by atoms with Crippen molar-refractivity contribution in [3.8, 4) is 0 Å². The summed E-state index contributed by atoms with van der Waals surface area (Å²) in [6.45, 7) is 0. The van der Waals surface area contributed by atoms with Crippen LogP contribution in [0, 0.1) is 11.7 Å². The number of amides is 1. The molecule has 2 aliphatic rings. The molecule has 4 nitrogen and oxygen atoms in total. The first-order valence-electron chi connectivity index (χ1n) is 10.1. The number of nitrogens with one attached hydrogen (secondary N) is 1. The van der Waals surface area contributed by atoms with E-state index in [1.165, 1.54) is 7.05 Å². The van der Waals surface area contributed by atoms with Crippen molar-refractivity contribution >= 4 is 11.7 Å². The second-order valence-electron chi connectivity index (χ2n) is 8.42. The topological polar surface area (TPSA) is 46.9 Å². The third kappa shape index (κ3) is 3.55. The van der Waals surface area contributed by atoms with Crippen molar-refractivity contribution < 1.29 is 35.5 Å². The molecule has 0 spiro atoms. The van der Waals surface area contributed by atoms with E-state index in [-0.39, 0.29) is 17.3 Å². The first kappa shape index (κ1) is 22.6. The van der Waals surface area contributed by atoms with Gasteiger partial charge in [-0.1, -0.05) is 6.42 Å². The standard InChI is InChI=1S/C21H20F7N3O/c1-31-18(29-15(32)9-13-10-19(23,24)21(13,27)28)16(11-3-2-4-11)17(30-31)20(25,26)12-5-7-14(22)8-6-12/h5-8,11,13H,2-4,9-10H2,1H3,(H,29,32)/t13-/m1/s1. The summed E-state index contributed by atoms with van der Waals surface area (Å²) in [4.78, 5) is 12.4. The van der Waals surface area contributed by atoms with Crippen LogP contribution >= 0.6 is 0 Å². The highest BCUT2D eigenvalue weighted by molar-refractivity contribution is 5.91. The normalized spacial score (nSPS) is 22.2. The zero-order valence-corrected chi connectivity index (χ0v) is 16.9. The van der Waals surface area contributed by atoms with E-state index < -0.39 is 59.5 Å². The highest BCUT2D eigenvalue weighted by atomic mass is 19.3. The number of rotatable bonds is 6. The first-order valence-corrected chi connectivity index (χ1v) is 10.1. The lowest BCUT2D eigenvalue weighted by Gasteiger charge is -2.43. The Hall–Kier alpha value is -2.59. The van der Waals surface area contributed by atoms with Crippen LogP contribution in [0.15, 0.2) is 24.3 Å². The predicted molar refractivity (Wildman–Crippen MR) is 100 cm³/mol. The van der Waals surface area contributed by atoms with Gasteiger partial charge >= 0.3 is 17.8 Å². The van der Waals surface area contributed by atoms with E-state index in [1.807, 2.05) is 0 Å². The Labute approximate surface area is 178 Å². The zero-order chi connectivity index (χ0) is 23.5. The summed E-state index contributed by atoms with van der Waals surface area (Å²) in [5, 5.41) is 6.23. The second kappa shape index (κ2) is 7.48. The van der Waals surface area contributed by atoms with Crippen LogP contribution in [-0.4, -0.2) is 27.5 Å². The van der Waals surface area contributed by atoms with Crippen LogP contribution in [0.1, 0.15) is 54.8 Å². The fraction of sp³-hybridized carbons (Fsp3) is 0.524. The molecule has 1 aromatic carbocycles. The molecule has 0 radical (unpaired) electrons. The Morgan fingerprint density at radius 2 is 1.81 bits per heavy atom. The Morgan fingerprint density at radius 1 is 1.19 bits per heavy atom. The fourth-order valence-corrected chi connectivity index (χ4v) is 4.15. The molecule has 0 unspecified atom stereocenters. The monoisotopic (exact) mass is 463 g/mol. The van der Waals surface area contributed by atoms with Crippen molar-refractivity contribution in [2.75, 3.05) is 5.32 Å². The van der Waals surface area contributed by atoms with Gasteiger partial charge in [0.25, 0.3) is 0 Å². The van der Waals surface area contributed by atoms with Gasteiger partial charge in [0, 0.05) is 36.9 Å². The molecule has 1 heterocycles. The van der Waals surface area contributed by atoms with Crippen LogP contribution in [0.4, 0.5) is 36.6 Å². The van der Waals surface area contributed by atoms with Gasteiger partial charge in [-0.05, 0) is 43.0 Å². The largest absolute Gasteiger partial charge is 0.317 e. The summed E-state index contributed by atoms with van der Waals surface area (Å²) in [5.74, 6) is -16.0. The maximum absolute atomic E-state index is 15.3. The van der Waals surface area contributed by atoms with E-state index in [2.05, 4.69) is 10.4 Å². The Morgan fingerprint density at radius 3 is 2.31 bits per heavy atom. The molecule has 0 aliphatic heterocycles. The molecule has 1 atom stereocenters. The minimum Gasteiger partial charge on any atom is -0.311 e. The van der Waals surface area contributed by atoms with Crippen molar-refractivity contribution in [3.63, 3.8) is 0 Å². The van der Waals surface area contributed by atoms with E-state index in [1.54, 1.807) is 0 Å². The number of anilines is 1. The molecular weight excluding hydrogens is 443 g/mol. The molecule has 2 fully saturated rings. The van der Waals surface area contributed by atoms with Gasteiger partial charge in [-0.15, -0.1) is 0 Å². The van der Waals surface area contributed by atoms with E-state index >= 15 is 8.78 Å². The van der Waals surface area contributed by atoms with Crippen molar-refractivity contribution in [1.29, 1.82) is 0 Å². The summed E-state index contributed by atoms with van der Waals surface area (Å²) < 4.78 is 98.0. The fourth-order valence-electron chi connectivity index (χ4n) is 4.15. The van der Waals surface area contributed by atoms with E-state index in [4.69, 9.17) is 0 Å². The van der Waals surface area contributed by atoms with Gasteiger partial charge < -0.3 is 5.32 Å². The second-order valence-corrected chi connectivity index (χ2v) is 8.42. The minimum absolute atomic E-state index is 0.0760. The number of hydrogen-bond acceptors (Lipinski definition) is 2. The number of benzene rings is 1. The summed E-state index contributed by atoms with van der Waals surface area (Å²) in [5.41, 5.74) is -1.04. The van der Waals surface area contributed by atoms with Crippen molar-refractivity contribution in [1.82, 2.24) is 9.78 Å². The minimum atomic E-state index is -4.30. The molecule has 174 valence electrons. The molecule has 0 bridgehead atoms. The average Bonchev–Trinajstić information content (AvgIpc) is 2.97. The van der Waals surface area contributed by atoms with Crippen LogP contribution in [0.2, 0.25) is 0 Å². The van der Waals surface area contributed by atoms with E-state index in [9.17, 15) is 26.7 Å². The number of carbonyl (C=O) groups excluding carboxylic acids is 1. The molecule has 32 heavy (non-hydrogen) atoms. The molecule has 1 amide bonds. The lowest BCUT2D eigenvalue weighted by atomic mass is 9.74. The lowest BCUT2D eigenvalue weighted by molar-refractivity contribution is -0.313. The summed E-state index contributed by atoms with van der Waals surface area (Å²) in [7, 11) is 1.31. The summed E-state index contributed by atoms with van der Waals surface area (Å²) in [6, 6.07) is 3.66. The average molecular weight is 463 g/mol. The van der Waals surface area contributed by atoms with Gasteiger partial charge in [-0.25, -0.2) is 4.39 Å². The van der Waals surface area contributed by atoms with Gasteiger partial charge in [0.15, 0.2) is 0 Å². The van der Waals surface area contributed by atoms with Crippen LogP contribution in [0.3, 0.4) is 0 Å². The van der Waals surface area contributed by atoms with Crippen LogP contribution in [-0.2, 0) is 17.8 Å². The Kier molecular flexibility index (Phi) is 5.28. The third-order valence-corrected chi connectivity index (χ3v) is 6.29. The molecule has 2 saturated carbocycles. The van der Waals surface area contributed by atoms with Crippen LogP contribution in [0.25, 0.3) is 0 Å². The summed E-state index contributed by atoms with van der Waals surface area (Å²) >= 11 is 0. The van der Waals surface area contributed by atoms with E-state index in [0.29, 0.717) is 12.8 Å². The van der Waals surface area contributed by atoms with Crippen molar-refractivity contribution in [2.45, 2.75) is 55.8 Å². The highest BCUT2D eigenvalue weighted by Gasteiger charge is 2.71. The Bertz CT molecular complexity index is 1030. The maximum Gasteiger partial charge on any atom is 0.317 e. The molecular formula is C21H20F7N3O. The van der Waals surface area contributed by atoms with Gasteiger partial charge in [-0.2, -0.15) is 31.4 Å². The van der Waals surface area contributed by atoms with Crippen molar-refractivity contribution in [2.24, 2.45) is 13.0 Å². The molecule has 2 aliphatic carbocycles. The number of aromatic nitrogens is 2. The smallest absolute Gasteiger partial charge is 0.311 e. The predicted octanol–water partition coefficient (Wildman–Crippen LogP) is 5.59. The van der Waals surface area contributed by atoms with E-state index in [0.717, 1.165) is 35.4 Å². The highest BCUT2D eigenvalue weighted by Crippen LogP contribution is 2.56. The van der Waals surface area contributed by atoms with Crippen LogP contribution in [0.5, 0.6) is 0 Å². The molecule has 1 N–H and O–H groups in total. The SMILES string of the molecule is Cn1nc(C(F)(F)c2ccc(F)cc2)c(C2CCC2)c1NC(=O)C[C@@H]1CC(F)(F)C1(F)F. The molecule has 11 heteroatoms. The number of carbonyl (C=O) groups is 1. The van der Waals surface area contributed by atoms with Crippen molar-refractivity contribution in [3.05, 3.63) is 46.9 Å². The maximum atomic E-state index is 15.3. The third-order valence-electron chi connectivity index (χ3n) is 6.29. The van der Waals surface area contributed by atoms with Crippen LogP contribution < -0.4 is 5.32 Å². The first-order chi connectivity index (χ1) is 14.8. The molecule has 0 saturated heterocycles. The number of nitrogens with zero attached hydrogens (tertiary/aromatic N) is 2. The van der Waals surface area contributed by atoms with Gasteiger partial charge in [-0.3, -0.25) is 9.48 Å². The molecule has 2 aromatic rings.